The number of allylic oxidation sites excluding steroid dienone is 1. The van der Waals surface area contributed by atoms with Gasteiger partial charge < -0.3 is 15.2 Å². The van der Waals surface area contributed by atoms with Gasteiger partial charge in [-0.1, -0.05) is 28.1 Å². The van der Waals surface area contributed by atoms with Gasteiger partial charge in [0.2, 0.25) is 11.8 Å². The van der Waals surface area contributed by atoms with E-state index in [0.717, 1.165) is 21.3 Å². The fraction of sp³-hybridized carbons (Fsp3) is 0.143. The molecule has 146 valence electrons. The third kappa shape index (κ3) is 3.57. The van der Waals surface area contributed by atoms with Crippen molar-refractivity contribution in [3.63, 3.8) is 0 Å². The molecule has 0 spiro atoms. The number of nitrogens with one attached hydrogen (secondary N) is 1. The molecule has 0 radical (unpaired) electrons. The summed E-state index contributed by atoms with van der Waals surface area (Å²) in [4.78, 5) is 0. The fourth-order valence-corrected chi connectivity index (χ4v) is 3.75. The molecule has 0 aliphatic carbocycles. The molecule has 8 heteroatoms. The van der Waals surface area contributed by atoms with Gasteiger partial charge in [0.25, 0.3) is 0 Å². The van der Waals surface area contributed by atoms with Gasteiger partial charge in [-0.2, -0.15) is 5.26 Å². The molecule has 1 aromatic heterocycles. The summed E-state index contributed by atoms with van der Waals surface area (Å²) < 4.78 is 25.8. The first-order valence-electron chi connectivity index (χ1n) is 8.77. The molecule has 0 bridgehead atoms. The lowest BCUT2D eigenvalue weighted by Gasteiger charge is -2.25. The van der Waals surface area contributed by atoms with Crippen LogP contribution in [0.25, 0.3) is 0 Å². The normalized spacial score (nSPS) is 15.4. The van der Waals surface area contributed by atoms with E-state index in [0.29, 0.717) is 17.2 Å². The van der Waals surface area contributed by atoms with Gasteiger partial charge in [0.05, 0.1) is 5.92 Å². The summed E-state index contributed by atoms with van der Waals surface area (Å²) in [6, 6.07) is 13.9. The predicted molar refractivity (Wildman–Crippen MR) is 107 cm³/mol. The number of fused-ring (bicyclic) bond motifs is 1. The second-order valence-electron chi connectivity index (χ2n) is 6.59. The zero-order valence-corrected chi connectivity index (χ0v) is 17.0. The summed E-state index contributed by atoms with van der Waals surface area (Å²) in [6.45, 7) is 2.03. The summed E-state index contributed by atoms with van der Waals surface area (Å²) in [5, 5.41) is 16.8. The Morgan fingerprint density at radius 3 is 2.93 bits per heavy atom. The smallest absolute Gasteiger partial charge is 0.244 e. The molecule has 1 aliphatic heterocycles. The maximum Gasteiger partial charge on any atom is 0.244 e. The lowest BCUT2D eigenvalue weighted by Crippen LogP contribution is -2.21. The number of ether oxygens (including phenoxy) is 2. The number of aromatic amines is 1. The Morgan fingerprint density at radius 2 is 2.17 bits per heavy atom. The predicted octanol–water partition coefficient (Wildman–Crippen LogP) is 4.42. The number of hydrogen-bond donors (Lipinski definition) is 2. The first-order chi connectivity index (χ1) is 14.0. The molecule has 0 saturated carbocycles. The third-order valence-corrected chi connectivity index (χ3v) is 5.19. The van der Waals surface area contributed by atoms with Crippen molar-refractivity contribution in [2.45, 2.75) is 19.4 Å². The molecule has 6 nitrogen and oxygen atoms in total. The van der Waals surface area contributed by atoms with Crippen LogP contribution in [0, 0.1) is 24.1 Å². The van der Waals surface area contributed by atoms with Crippen LogP contribution < -0.4 is 15.2 Å². The van der Waals surface area contributed by atoms with E-state index in [4.69, 9.17) is 15.2 Å². The van der Waals surface area contributed by atoms with E-state index in [1.165, 1.54) is 12.1 Å². The van der Waals surface area contributed by atoms with Crippen LogP contribution in [0.15, 0.2) is 58.4 Å². The van der Waals surface area contributed by atoms with Crippen molar-refractivity contribution in [3.05, 3.63) is 86.6 Å². The highest BCUT2D eigenvalue weighted by Gasteiger charge is 2.36. The molecule has 2 heterocycles. The van der Waals surface area contributed by atoms with E-state index in [-0.39, 0.29) is 23.9 Å². The first-order valence-corrected chi connectivity index (χ1v) is 9.56. The Balaban J connectivity index is 1.79. The van der Waals surface area contributed by atoms with E-state index in [1.807, 2.05) is 19.1 Å². The van der Waals surface area contributed by atoms with Crippen LogP contribution in [-0.4, -0.2) is 10.2 Å². The Kier molecular flexibility index (Phi) is 4.99. The molecule has 29 heavy (non-hydrogen) atoms. The molecular formula is C21H16BrFN4O2. The topological polar surface area (TPSA) is 97.0 Å². The largest absolute Gasteiger partial charge is 0.489 e. The Bertz CT molecular complexity index is 1170. The number of aromatic nitrogens is 2. The van der Waals surface area contributed by atoms with E-state index in [2.05, 4.69) is 32.2 Å². The molecule has 4 rings (SSSR count). The van der Waals surface area contributed by atoms with Gasteiger partial charge in [-0.25, -0.2) is 4.39 Å². The summed E-state index contributed by atoms with van der Waals surface area (Å²) >= 11 is 3.48. The SMILES string of the molecule is Cc1[nH]nc2c1C(c1cc(Br)ccc1OCc1cccc(F)c1)C(C#N)=C(N)O2. The minimum absolute atomic E-state index is 0.00700. The summed E-state index contributed by atoms with van der Waals surface area (Å²) in [5.74, 6) is 0.0549. The molecule has 0 saturated heterocycles. The van der Waals surface area contributed by atoms with Gasteiger partial charge in [0.1, 0.15) is 29.8 Å². The molecule has 3 N–H and O–H groups in total. The summed E-state index contributed by atoms with van der Waals surface area (Å²) in [6.07, 6.45) is 0. The van der Waals surface area contributed by atoms with Crippen molar-refractivity contribution in [2.24, 2.45) is 5.73 Å². The first kappa shape index (κ1) is 19.0. The van der Waals surface area contributed by atoms with Gasteiger partial charge in [-0.15, -0.1) is 5.10 Å². The van der Waals surface area contributed by atoms with E-state index in [1.54, 1.807) is 18.2 Å². The summed E-state index contributed by atoms with van der Waals surface area (Å²) in [5.41, 5.74) is 9.19. The van der Waals surface area contributed by atoms with E-state index < -0.39 is 5.92 Å². The lowest BCUT2D eigenvalue weighted by molar-refractivity contribution is 0.301. The van der Waals surface area contributed by atoms with Crippen LogP contribution in [0.1, 0.15) is 28.3 Å². The average Bonchev–Trinajstić information content (AvgIpc) is 3.06. The molecule has 1 unspecified atom stereocenters. The van der Waals surface area contributed by atoms with Crippen LogP contribution in [0.4, 0.5) is 4.39 Å². The average molecular weight is 455 g/mol. The van der Waals surface area contributed by atoms with Crippen molar-refractivity contribution in [3.8, 4) is 17.7 Å². The molecule has 3 aromatic rings. The van der Waals surface area contributed by atoms with Crippen LogP contribution in [-0.2, 0) is 6.61 Å². The number of H-pyrrole nitrogens is 1. The number of nitrogens with zero attached hydrogens (tertiary/aromatic N) is 2. The minimum Gasteiger partial charge on any atom is -0.489 e. The Labute approximate surface area is 174 Å². The van der Waals surface area contributed by atoms with Crippen molar-refractivity contribution in [1.82, 2.24) is 10.2 Å². The molecular weight excluding hydrogens is 439 g/mol. The molecule has 0 amide bonds. The summed E-state index contributed by atoms with van der Waals surface area (Å²) in [7, 11) is 0. The molecule has 2 aromatic carbocycles. The van der Waals surface area contributed by atoms with Gasteiger partial charge in [-0.05, 0) is 42.8 Å². The van der Waals surface area contributed by atoms with Crippen LogP contribution >= 0.6 is 15.9 Å². The highest BCUT2D eigenvalue weighted by atomic mass is 79.9. The van der Waals surface area contributed by atoms with Crippen molar-refractivity contribution in [1.29, 1.82) is 5.26 Å². The zero-order valence-electron chi connectivity index (χ0n) is 15.4. The molecule has 1 aliphatic rings. The number of benzene rings is 2. The maximum atomic E-state index is 13.5. The quantitative estimate of drug-likeness (QED) is 0.607. The molecule has 0 fully saturated rings. The van der Waals surface area contributed by atoms with Crippen LogP contribution in [0.5, 0.6) is 11.6 Å². The number of aryl methyl sites for hydroxylation is 1. The second kappa shape index (κ2) is 7.60. The molecule has 1 atom stereocenters. The van der Waals surface area contributed by atoms with Crippen molar-refractivity contribution in [2.75, 3.05) is 0 Å². The highest BCUT2D eigenvalue weighted by molar-refractivity contribution is 9.10. The second-order valence-corrected chi connectivity index (χ2v) is 7.51. The zero-order chi connectivity index (χ0) is 20.5. The van der Waals surface area contributed by atoms with Crippen LogP contribution in [0.2, 0.25) is 0 Å². The van der Waals surface area contributed by atoms with Gasteiger partial charge in [-0.3, -0.25) is 5.10 Å². The third-order valence-electron chi connectivity index (χ3n) is 4.70. The minimum atomic E-state index is -0.512. The maximum absolute atomic E-state index is 13.5. The number of hydrogen-bond acceptors (Lipinski definition) is 5. The van der Waals surface area contributed by atoms with Gasteiger partial charge in [0.15, 0.2) is 0 Å². The lowest BCUT2D eigenvalue weighted by atomic mass is 9.83. The van der Waals surface area contributed by atoms with Crippen LogP contribution in [0.3, 0.4) is 0 Å². The number of rotatable bonds is 4. The Morgan fingerprint density at radius 1 is 1.34 bits per heavy atom. The number of halogens is 2. The standard InChI is InChI=1S/C21H16BrFN4O2/c1-11-18-19(16(9-24)20(25)29-21(18)27-26-11)15-8-13(22)5-6-17(15)28-10-12-3-2-4-14(23)7-12/h2-8,19H,10,25H2,1H3,(H,26,27). The van der Waals surface area contributed by atoms with Gasteiger partial charge in [0, 0.05) is 21.3 Å². The highest BCUT2D eigenvalue weighted by Crippen LogP contribution is 2.46. The number of nitriles is 1. The van der Waals surface area contributed by atoms with E-state index in [9.17, 15) is 9.65 Å². The monoisotopic (exact) mass is 454 g/mol. The fourth-order valence-electron chi connectivity index (χ4n) is 3.37. The van der Waals surface area contributed by atoms with Crippen molar-refractivity contribution < 1.29 is 13.9 Å². The Hall–Kier alpha value is -3.31. The van der Waals surface area contributed by atoms with E-state index >= 15 is 0 Å². The van der Waals surface area contributed by atoms with Gasteiger partial charge >= 0.3 is 0 Å². The number of nitrogens with two attached hydrogens (primary N) is 1. The van der Waals surface area contributed by atoms with Crippen molar-refractivity contribution >= 4 is 15.9 Å².